The Morgan fingerprint density at radius 3 is 2.53 bits per heavy atom. The van der Waals surface area contributed by atoms with Crippen molar-refractivity contribution in [3.8, 4) is 6.07 Å². The molecule has 0 aliphatic heterocycles. The van der Waals surface area contributed by atoms with Crippen LogP contribution in [0.25, 0.3) is 0 Å². The number of allylic oxidation sites excluding steroid dienone is 4. The van der Waals surface area contributed by atoms with Gasteiger partial charge in [-0.1, -0.05) is 39.3 Å². The molecule has 3 saturated carbocycles. The Morgan fingerprint density at radius 1 is 1.08 bits per heavy atom. The van der Waals surface area contributed by atoms with Crippen molar-refractivity contribution in [2.75, 3.05) is 7.05 Å². The lowest BCUT2D eigenvalue weighted by Gasteiger charge is -2.64. The Hall–Kier alpha value is -2.22. The average molecular weight is 491 g/mol. The summed E-state index contributed by atoms with van der Waals surface area (Å²) in [5.74, 6) is 1.05. The van der Waals surface area contributed by atoms with Crippen LogP contribution in [-0.4, -0.2) is 24.5 Å². The first-order valence-electron chi connectivity index (χ1n) is 14.0. The van der Waals surface area contributed by atoms with E-state index in [0.29, 0.717) is 18.8 Å². The van der Waals surface area contributed by atoms with Crippen molar-refractivity contribution in [2.45, 2.75) is 91.9 Å². The highest BCUT2D eigenvalue weighted by Gasteiger charge is 2.63. The van der Waals surface area contributed by atoms with Crippen molar-refractivity contribution in [3.63, 3.8) is 0 Å². The van der Waals surface area contributed by atoms with Crippen molar-refractivity contribution in [1.82, 2.24) is 5.32 Å². The van der Waals surface area contributed by atoms with Crippen molar-refractivity contribution < 1.29 is 14.4 Å². The molecule has 194 valence electrons. The fourth-order valence-corrected chi connectivity index (χ4v) is 9.45. The molecule has 1 N–H and O–H groups in total. The first kappa shape index (κ1) is 25.4. The molecule has 0 bridgehead atoms. The summed E-state index contributed by atoms with van der Waals surface area (Å²) in [6.07, 6.45) is 13.0. The summed E-state index contributed by atoms with van der Waals surface area (Å²) >= 11 is 0. The van der Waals surface area contributed by atoms with Crippen molar-refractivity contribution in [2.24, 2.45) is 45.3 Å². The summed E-state index contributed by atoms with van der Waals surface area (Å²) in [6, 6.07) is 2.13. The molecule has 0 aromatic carbocycles. The van der Waals surface area contributed by atoms with E-state index in [1.165, 1.54) is 5.57 Å². The second kappa shape index (κ2) is 8.40. The van der Waals surface area contributed by atoms with Crippen LogP contribution in [0, 0.1) is 56.7 Å². The molecule has 5 rings (SSSR count). The van der Waals surface area contributed by atoms with Gasteiger partial charge in [0, 0.05) is 31.2 Å². The number of nitrogens with zero attached hydrogens (tertiary/aromatic N) is 1. The second-order valence-corrected chi connectivity index (χ2v) is 13.9. The molecule has 0 radical (unpaired) electrons. The lowest BCUT2D eigenvalue weighted by atomic mass is 9.39. The maximum atomic E-state index is 14.2. The summed E-state index contributed by atoms with van der Waals surface area (Å²) in [4.78, 5) is 38.9. The predicted molar refractivity (Wildman–Crippen MR) is 138 cm³/mol. The topological polar surface area (TPSA) is 87.0 Å². The average Bonchev–Trinajstić information content (AvgIpc) is 2.83. The minimum absolute atomic E-state index is 0.00144. The van der Waals surface area contributed by atoms with Gasteiger partial charge in [0.15, 0.2) is 11.6 Å². The quantitative estimate of drug-likeness (QED) is 0.549. The number of fused-ring (bicyclic) bond motifs is 7. The first-order chi connectivity index (χ1) is 16.9. The van der Waals surface area contributed by atoms with Crippen molar-refractivity contribution in [1.29, 1.82) is 5.26 Å². The van der Waals surface area contributed by atoms with Crippen LogP contribution >= 0.6 is 0 Å². The molecule has 7 unspecified atom stereocenters. The highest BCUT2D eigenvalue weighted by molar-refractivity contribution is 6.01. The Morgan fingerprint density at radius 2 is 1.83 bits per heavy atom. The SMILES string of the molecule is CNC(=O)CCC12CCC3C(C(=O)C=C4C5(C)C=C(C#N)C(=O)CC5CCC43C)C1CC(C)(C)CC2. The van der Waals surface area contributed by atoms with Crippen molar-refractivity contribution in [3.05, 3.63) is 23.3 Å². The van der Waals surface area contributed by atoms with Gasteiger partial charge in [-0.05, 0) is 91.4 Å². The molecule has 7 atom stereocenters. The third-order valence-electron chi connectivity index (χ3n) is 11.6. The van der Waals surface area contributed by atoms with E-state index in [9.17, 15) is 19.6 Å². The van der Waals surface area contributed by atoms with E-state index in [1.807, 2.05) is 12.2 Å². The van der Waals surface area contributed by atoms with E-state index in [4.69, 9.17) is 0 Å². The van der Waals surface area contributed by atoms with Crippen LogP contribution in [0.4, 0.5) is 0 Å². The summed E-state index contributed by atoms with van der Waals surface area (Å²) < 4.78 is 0. The minimum Gasteiger partial charge on any atom is -0.359 e. The van der Waals surface area contributed by atoms with Gasteiger partial charge in [-0.3, -0.25) is 14.4 Å². The number of hydrogen-bond acceptors (Lipinski definition) is 4. The van der Waals surface area contributed by atoms with Crippen LogP contribution < -0.4 is 5.32 Å². The highest BCUT2D eigenvalue weighted by Crippen LogP contribution is 2.69. The highest BCUT2D eigenvalue weighted by atomic mass is 16.1. The number of carbonyl (C=O) groups is 3. The number of rotatable bonds is 3. The third-order valence-corrected chi connectivity index (χ3v) is 11.6. The van der Waals surface area contributed by atoms with Gasteiger partial charge < -0.3 is 5.32 Å². The van der Waals surface area contributed by atoms with E-state index in [2.05, 4.69) is 39.1 Å². The molecule has 0 aromatic rings. The van der Waals surface area contributed by atoms with Crippen LogP contribution in [0.3, 0.4) is 0 Å². The molecule has 5 nitrogen and oxygen atoms in total. The van der Waals surface area contributed by atoms with Gasteiger partial charge in [0.05, 0.1) is 5.57 Å². The molecular formula is C31H42N2O3. The van der Waals surface area contributed by atoms with Crippen LogP contribution in [0.15, 0.2) is 23.3 Å². The number of ketones is 2. The summed E-state index contributed by atoms with van der Waals surface area (Å²) in [5, 5.41) is 12.4. The standard InChI is InChI=1S/C31H42N2O3/c1-28(2)12-13-31(11-8-26(36)33-5)10-7-21-27(22(31)17-28)24(35)15-25-29(21,3)9-6-20-14-23(34)19(18-32)16-30(20,25)4/h15-16,20-22,27H,6-14,17H2,1-5H3,(H,33,36). The lowest BCUT2D eigenvalue weighted by Crippen LogP contribution is -2.59. The monoisotopic (exact) mass is 490 g/mol. The molecular weight excluding hydrogens is 448 g/mol. The fraction of sp³-hybridized carbons (Fsp3) is 0.742. The zero-order valence-electron chi connectivity index (χ0n) is 22.7. The van der Waals surface area contributed by atoms with E-state index in [-0.39, 0.29) is 57.0 Å². The molecule has 0 spiro atoms. The Bertz CT molecular complexity index is 1110. The normalized spacial score (nSPS) is 43.0. The molecule has 1 amide bonds. The lowest BCUT2D eigenvalue weighted by molar-refractivity contribution is -0.147. The number of nitrogens with one attached hydrogen (secondary N) is 1. The first-order valence-corrected chi connectivity index (χ1v) is 14.0. The van der Waals surface area contributed by atoms with Crippen LogP contribution in [-0.2, 0) is 14.4 Å². The number of carbonyl (C=O) groups excluding carboxylic acids is 3. The van der Waals surface area contributed by atoms with Crippen LogP contribution in [0.5, 0.6) is 0 Å². The Labute approximate surface area is 216 Å². The molecule has 5 aliphatic rings. The summed E-state index contributed by atoms with van der Waals surface area (Å²) in [5.41, 5.74) is 1.19. The molecule has 3 fully saturated rings. The van der Waals surface area contributed by atoms with E-state index >= 15 is 0 Å². The minimum atomic E-state index is -0.411. The van der Waals surface area contributed by atoms with Crippen LogP contribution in [0.2, 0.25) is 0 Å². The Kier molecular flexibility index (Phi) is 5.93. The Balaban J connectivity index is 1.57. The van der Waals surface area contributed by atoms with Gasteiger partial charge in [-0.2, -0.15) is 5.26 Å². The number of Topliss-reactive ketones (excluding diaryl/α,β-unsaturated/α-hetero) is 1. The summed E-state index contributed by atoms with van der Waals surface area (Å²) in [7, 11) is 1.71. The number of amides is 1. The zero-order valence-corrected chi connectivity index (χ0v) is 22.7. The van der Waals surface area contributed by atoms with Gasteiger partial charge >= 0.3 is 0 Å². The third kappa shape index (κ3) is 3.65. The smallest absolute Gasteiger partial charge is 0.219 e. The molecule has 0 saturated heterocycles. The van der Waals surface area contributed by atoms with Gasteiger partial charge in [-0.15, -0.1) is 0 Å². The zero-order chi connectivity index (χ0) is 26.1. The summed E-state index contributed by atoms with van der Waals surface area (Å²) in [6.45, 7) is 9.22. The van der Waals surface area contributed by atoms with Gasteiger partial charge in [-0.25, -0.2) is 0 Å². The predicted octanol–water partition coefficient (Wildman–Crippen LogP) is 5.71. The van der Waals surface area contributed by atoms with Gasteiger partial charge in [0.2, 0.25) is 5.91 Å². The second-order valence-electron chi connectivity index (χ2n) is 13.9. The van der Waals surface area contributed by atoms with Gasteiger partial charge in [0.1, 0.15) is 6.07 Å². The van der Waals surface area contributed by atoms with Crippen molar-refractivity contribution >= 4 is 17.5 Å². The van der Waals surface area contributed by atoms with E-state index in [0.717, 1.165) is 51.4 Å². The van der Waals surface area contributed by atoms with Gasteiger partial charge in [0.25, 0.3) is 0 Å². The maximum Gasteiger partial charge on any atom is 0.219 e. The van der Waals surface area contributed by atoms with Crippen LogP contribution in [0.1, 0.15) is 91.9 Å². The van der Waals surface area contributed by atoms with E-state index in [1.54, 1.807) is 7.05 Å². The largest absolute Gasteiger partial charge is 0.359 e. The number of hydrogen-bond donors (Lipinski definition) is 1. The van der Waals surface area contributed by atoms with E-state index < -0.39 is 5.41 Å². The molecule has 5 aliphatic carbocycles. The molecule has 0 heterocycles. The molecule has 0 aromatic heterocycles. The maximum absolute atomic E-state index is 14.2. The fourth-order valence-electron chi connectivity index (χ4n) is 9.45. The number of nitriles is 1. The molecule has 5 heteroatoms. The molecule has 36 heavy (non-hydrogen) atoms.